The number of ether oxygens (including phenoxy) is 4. The predicted molar refractivity (Wildman–Crippen MR) is 394 cm³/mol. The molecule has 13 heteroatoms. The monoisotopic (exact) mass is 1460 g/mol. The number of halogens is 4. The average Bonchev–Trinajstić information content (AvgIpc) is 2.04. The van der Waals surface area contributed by atoms with Crippen molar-refractivity contribution in [2.75, 3.05) is 47.7 Å². The van der Waals surface area contributed by atoms with Gasteiger partial charge in [0.2, 0.25) is 0 Å². The van der Waals surface area contributed by atoms with E-state index >= 15 is 0 Å². The number of benzene rings is 4. The summed E-state index contributed by atoms with van der Waals surface area (Å²) in [4.78, 5) is 19.3. The normalized spacial score (nSPS) is 11.7. The van der Waals surface area contributed by atoms with Crippen LogP contribution in [0.3, 0.4) is 0 Å². The van der Waals surface area contributed by atoms with Crippen LogP contribution in [0.1, 0.15) is 177 Å². The summed E-state index contributed by atoms with van der Waals surface area (Å²) in [6, 6.07) is 42.9. The summed E-state index contributed by atoms with van der Waals surface area (Å²) >= 11 is 14.3. The number of fused-ring (bicyclic) bond motifs is 8. The number of hydrogen-bond donors (Lipinski definition) is 2. The maximum absolute atomic E-state index is 6.54. The quantitative estimate of drug-likeness (QED) is 0.0226. The number of hydrogen-bond acceptors (Lipinski definition) is 6. The molecular formula is C76H90Br4MgN4O4+2. The molecule has 2 N–H and O–H groups in total. The van der Waals surface area contributed by atoms with Crippen LogP contribution < -0.4 is 18.9 Å². The Morgan fingerprint density at radius 3 is 0.708 bits per heavy atom. The van der Waals surface area contributed by atoms with Crippen LogP contribution in [0.15, 0.2) is 121 Å². The van der Waals surface area contributed by atoms with E-state index < -0.39 is 0 Å². The average molecular weight is 1470 g/mol. The summed E-state index contributed by atoms with van der Waals surface area (Å²) in [6.07, 6.45) is 37.3. The summed E-state index contributed by atoms with van der Waals surface area (Å²) in [6.45, 7) is 2.68. The van der Waals surface area contributed by atoms with Gasteiger partial charge in [-0.15, -0.1) is 0 Å². The summed E-state index contributed by atoms with van der Waals surface area (Å²) in [5.74, 6) is 3.37. The minimum absolute atomic E-state index is 0. The van der Waals surface area contributed by atoms with E-state index in [1.165, 1.54) is 103 Å². The van der Waals surface area contributed by atoms with Crippen LogP contribution in [-0.2, 0) is 0 Å². The molecule has 0 saturated carbocycles. The van der Waals surface area contributed by atoms with E-state index in [1.807, 2.05) is 0 Å². The molecule has 0 fully saturated rings. The molecule has 0 spiro atoms. The summed E-state index contributed by atoms with van der Waals surface area (Å²) < 4.78 is 26.1. The van der Waals surface area contributed by atoms with Gasteiger partial charge in [0.25, 0.3) is 0 Å². The van der Waals surface area contributed by atoms with Gasteiger partial charge in [0, 0.05) is 65.6 Å². The van der Waals surface area contributed by atoms with Crippen molar-refractivity contribution in [2.24, 2.45) is 0 Å². The number of aromatic amines is 2. The minimum Gasteiger partial charge on any atom is -0.494 e. The van der Waals surface area contributed by atoms with Gasteiger partial charge >= 0.3 is 23.1 Å². The van der Waals surface area contributed by atoms with E-state index in [0.717, 1.165) is 185 Å². The fourth-order valence-electron chi connectivity index (χ4n) is 11.8. The van der Waals surface area contributed by atoms with Crippen molar-refractivity contribution in [3.8, 4) is 67.5 Å². The topological polar surface area (TPSA) is 94.3 Å². The first-order valence-electron chi connectivity index (χ1n) is 32.9. The molecule has 2 aliphatic rings. The third-order valence-electron chi connectivity index (χ3n) is 16.4. The minimum atomic E-state index is 0. The summed E-state index contributed by atoms with van der Waals surface area (Å²) in [5.41, 5.74) is 15.0. The largest absolute Gasteiger partial charge is 2.00 e. The van der Waals surface area contributed by atoms with E-state index in [9.17, 15) is 0 Å². The zero-order valence-corrected chi connectivity index (χ0v) is 60.0. The molecule has 0 amide bonds. The van der Waals surface area contributed by atoms with Gasteiger partial charge < -0.3 is 28.9 Å². The molecule has 0 atom stereocenters. The number of aromatic nitrogens is 4. The Labute approximate surface area is 580 Å². The van der Waals surface area contributed by atoms with Crippen LogP contribution in [0.4, 0.5) is 0 Å². The SMILES string of the molecule is BrCCCCCCCCOc1cccc(-c2c3nc(c(-c4cccc(OCCCCCCCCBr)c4)c4ccc([nH]4)c(-c4cccc(OCCCCCCCCBr)c4)c4nc(c(-c5cccc(OCCCCCCCCBr)c5)c5ccc2[nH]5)C=C4)C=C3)c1.[Mg+2]. The van der Waals surface area contributed by atoms with E-state index in [1.54, 1.807) is 0 Å². The van der Waals surface area contributed by atoms with Crippen LogP contribution >= 0.6 is 63.7 Å². The molecule has 2 aliphatic heterocycles. The fourth-order valence-corrected chi connectivity index (χ4v) is 13.3. The number of H-pyrrole nitrogens is 2. The number of unbranched alkanes of at least 4 members (excludes halogenated alkanes) is 20. The Balaban J connectivity index is 0.0000102. The van der Waals surface area contributed by atoms with Gasteiger partial charge in [0.15, 0.2) is 0 Å². The van der Waals surface area contributed by atoms with Gasteiger partial charge in [-0.3, -0.25) is 0 Å². The molecule has 4 aromatic carbocycles. The molecule has 466 valence electrons. The Kier molecular flexibility index (Phi) is 31.3. The van der Waals surface area contributed by atoms with Crippen LogP contribution in [0.25, 0.3) is 90.9 Å². The smallest absolute Gasteiger partial charge is 0.494 e. The third-order valence-corrected chi connectivity index (χ3v) is 18.7. The van der Waals surface area contributed by atoms with Crippen molar-refractivity contribution in [3.63, 3.8) is 0 Å². The molecule has 89 heavy (non-hydrogen) atoms. The number of rotatable bonds is 40. The van der Waals surface area contributed by atoms with E-state index in [0.29, 0.717) is 26.4 Å². The standard InChI is InChI=1S/C76H90Br4N4O4.Mg/c77-45-17-9-1-5-13-21-49-85-61-33-25-29-57(53-61)73-65-37-39-67(81-65)74(58-30-26-34-62(54-58)86-50-22-14-6-2-10-18-46-78)69-41-43-71(83-69)76(60-32-28-36-64(56-60)88-52-24-16-8-4-12-20-48-80)72-44-42-70(84-72)75(68-40-38-66(73)82-68)59-31-27-35-63(55-59)87-51-23-15-7-3-11-19-47-79;/h25-44,53-56,81,84H,1-24,45-52H2;/q;+2. The summed E-state index contributed by atoms with van der Waals surface area (Å²) in [5, 5.41) is 4.30. The second-order valence-electron chi connectivity index (χ2n) is 23.2. The number of alkyl halides is 4. The van der Waals surface area contributed by atoms with Crippen LogP contribution in [0, 0.1) is 0 Å². The number of nitrogens with zero attached hydrogens (tertiary/aromatic N) is 2. The molecule has 9 rings (SSSR count). The molecule has 8 nitrogen and oxygen atoms in total. The van der Waals surface area contributed by atoms with Crippen LogP contribution in [-0.4, -0.2) is 90.7 Å². The molecule has 8 bridgehead atoms. The van der Waals surface area contributed by atoms with Crippen molar-refractivity contribution in [1.82, 2.24) is 19.9 Å². The first kappa shape index (κ1) is 70.2. The van der Waals surface area contributed by atoms with Crippen LogP contribution in [0.2, 0.25) is 0 Å². The summed E-state index contributed by atoms with van der Waals surface area (Å²) in [7, 11) is 0. The molecular weight excluding hydrogens is 1380 g/mol. The molecule has 0 unspecified atom stereocenters. The van der Waals surface area contributed by atoms with Crippen molar-refractivity contribution in [3.05, 3.63) is 144 Å². The fraction of sp³-hybridized carbons (Fsp3) is 0.421. The zero-order valence-electron chi connectivity index (χ0n) is 52.2. The van der Waals surface area contributed by atoms with E-state index in [4.69, 9.17) is 28.9 Å². The van der Waals surface area contributed by atoms with Gasteiger partial charge in [0.05, 0.1) is 49.2 Å². The molecule has 0 aliphatic carbocycles. The Morgan fingerprint density at radius 2 is 0.483 bits per heavy atom. The molecule has 0 radical (unpaired) electrons. The molecule has 0 saturated heterocycles. The van der Waals surface area contributed by atoms with Crippen molar-refractivity contribution < 1.29 is 18.9 Å². The van der Waals surface area contributed by atoms with Gasteiger partial charge in [-0.1, -0.05) is 215 Å². The third kappa shape index (κ3) is 21.7. The maximum Gasteiger partial charge on any atom is 2.00 e. The van der Waals surface area contributed by atoms with Gasteiger partial charge in [0.1, 0.15) is 23.0 Å². The first-order chi connectivity index (χ1) is 43.5. The van der Waals surface area contributed by atoms with E-state index in [2.05, 4.69) is 219 Å². The first-order valence-corrected chi connectivity index (χ1v) is 37.3. The number of nitrogens with one attached hydrogen (secondary N) is 2. The Hall–Kier alpha value is -4.63. The van der Waals surface area contributed by atoms with Gasteiger partial charge in [-0.25, -0.2) is 9.97 Å². The second kappa shape index (κ2) is 39.7. The molecule has 5 heterocycles. The molecule has 7 aromatic rings. The van der Waals surface area contributed by atoms with E-state index in [-0.39, 0.29) is 23.1 Å². The van der Waals surface area contributed by atoms with Crippen molar-refractivity contribution >= 4 is 133 Å². The predicted octanol–water partition coefficient (Wildman–Crippen LogP) is 23.4. The zero-order chi connectivity index (χ0) is 60.8. The van der Waals surface area contributed by atoms with Crippen LogP contribution in [0.5, 0.6) is 23.0 Å². The Morgan fingerprint density at radius 1 is 0.270 bits per heavy atom. The Bertz CT molecular complexity index is 3060. The van der Waals surface area contributed by atoms with Crippen molar-refractivity contribution in [2.45, 2.75) is 154 Å². The molecule has 3 aromatic heterocycles. The van der Waals surface area contributed by atoms with Gasteiger partial charge in [-0.05, 0) is 171 Å². The van der Waals surface area contributed by atoms with Crippen molar-refractivity contribution in [1.29, 1.82) is 0 Å². The second-order valence-corrected chi connectivity index (χ2v) is 26.4. The van der Waals surface area contributed by atoms with Gasteiger partial charge in [-0.2, -0.15) is 0 Å². The maximum atomic E-state index is 6.54.